The number of benzene rings is 3. The van der Waals surface area contributed by atoms with Crippen molar-refractivity contribution >= 4 is 28.5 Å². The first kappa shape index (κ1) is 22.2. The highest BCUT2D eigenvalue weighted by atomic mass is 16.3. The van der Waals surface area contributed by atoms with Gasteiger partial charge in [0, 0.05) is 36.6 Å². The van der Waals surface area contributed by atoms with Crippen molar-refractivity contribution in [3.05, 3.63) is 120 Å². The van der Waals surface area contributed by atoms with Crippen molar-refractivity contribution in [1.82, 2.24) is 14.9 Å². The lowest BCUT2D eigenvalue weighted by molar-refractivity contribution is -0.120. The summed E-state index contributed by atoms with van der Waals surface area (Å²) >= 11 is 0. The van der Waals surface area contributed by atoms with Crippen LogP contribution in [-0.2, 0) is 24.3 Å². The third kappa shape index (κ3) is 5.65. The normalized spacial score (nSPS) is 10.9. The monoisotopic (exact) mass is 464 g/mol. The molecular weight excluding hydrogens is 440 g/mol. The number of furan rings is 1. The highest BCUT2D eigenvalue weighted by molar-refractivity contribution is 6.04. The van der Waals surface area contributed by atoms with Crippen LogP contribution in [0.4, 0.5) is 5.69 Å². The standard InChI is InChI=1S/C28H24N4O3/c33-27(30-17-21-4-3-5-22(14-21)18-32-13-12-29-19-32)15-20-8-10-24(11-9-20)31-28(34)26-16-23-6-1-2-7-25(23)35-26/h1-14,16,19H,15,17-18H2,(H,30,33)(H,31,34). The summed E-state index contributed by atoms with van der Waals surface area (Å²) in [7, 11) is 0. The second kappa shape index (κ2) is 10.1. The quantitative estimate of drug-likeness (QED) is 0.346. The minimum absolute atomic E-state index is 0.0657. The van der Waals surface area contributed by atoms with E-state index in [1.165, 1.54) is 0 Å². The van der Waals surface area contributed by atoms with Crippen molar-refractivity contribution in [3.63, 3.8) is 0 Å². The molecule has 0 aliphatic heterocycles. The average Bonchev–Trinajstić information content (AvgIpc) is 3.54. The van der Waals surface area contributed by atoms with Gasteiger partial charge in [0.05, 0.1) is 12.7 Å². The Morgan fingerprint density at radius 1 is 0.886 bits per heavy atom. The zero-order valence-electron chi connectivity index (χ0n) is 19.0. The molecule has 0 fully saturated rings. The Kier molecular flexibility index (Phi) is 6.39. The highest BCUT2D eigenvalue weighted by Crippen LogP contribution is 2.20. The summed E-state index contributed by atoms with van der Waals surface area (Å²) in [4.78, 5) is 29.0. The Morgan fingerprint density at radius 3 is 2.51 bits per heavy atom. The molecule has 3 aromatic carbocycles. The van der Waals surface area contributed by atoms with Crippen LogP contribution in [0.25, 0.3) is 11.0 Å². The zero-order valence-corrected chi connectivity index (χ0v) is 19.0. The van der Waals surface area contributed by atoms with Gasteiger partial charge in [0.15, 0.2) is 5.76 Å². The van der Waals surface area contributed by atoms with Gasteiger partial charge >= 0.3 is 0 Å². The van der Waals surface area contributed by atoms with Gasteiger partial charge in [-0.15, -0.1) is 0 Å². The maximum Gasteiger partial charge on any atom is 0.291 e. The summed E-state index contributed by atoms with van der Waals surface area (Å²) in [6, 6.07) is 24.6. The average molecular weight is 465 g/mol. The van der Waals surface area contributed by atoms with Crippen molar-refractivity contribution in [2.75, 3.05) is 5.32 Å². The molecule has 7 nitrogen and oxygen atoms in total. The van der Waals surface area contributed by atoms with Gasteiger partial charge in [-0.1, -0.05) is 54.6 Å². The minimum atomic E-state index is -0.318. The Morgan fingerprint density at radius 2 is 1.71 bits per heavy atom. The van der Waals surface area contributed by atoms with Crippen LogP contribution in [0.2, 0.25) is 0 Å². The molecule has 35 heavy (non-hydrogen) atoms. The number of aromatic nitrogens is 2. The first-order chi connectivity index (χ1) is 17.1. The lowest BCUT2D eigenvalue weighted by Gasteiger charge is -2.09. The third-order valence-electron chi connectivity index (χ3n) is 5.63. The van der Waals surface area contributed by atoms with E-state index in [1.54, 1.807) is 30.7 Å². The van der Waals surface area contributed by atoms with Crippen LogP contribution >= 0.6 is 0 Å². The number of carbonyl (C=O) groups is 2. The van der Waals surface area contributed by atoms with Gasteiger partial charge < -0.3 is 19.6 Å². The van der Waals surface area contributed by atoms with Gasteiger partial charge in [-0.25, -0.2) is 4.98 Å². The maximum atomic E-state index is 12.5. The number of anilines is 1. The predicted molar refractivity (Wildman–Crippen MR) is 134 cm³/mol. The van der Waals surface area contributed by atoms with Crippen molar-refractivity contribution in [2.45, 2.75) is 19.5 Å². The van der Waals surface area contributed by atoms with E-state index in [2.05, 4.69) is 27.8 Å². The van der Waals surface area contributed by atoms with E-state index in [0.717, 1.165) is 28.6 Å². The number of imidazole rings is 1. The smallest absolute Gasteiger partial charge is 0.291 e. The Balaban J connectivity index is 1.12. The van der Waals surface area contributed by atoms with Crippen molar-refractivity contribution in [2.24, 2.45) is 0 Å². The topological polar surface area (TPSA) is 89.2 Å². The molecule has 2 N–H and O–H groups in total. The number of carbonyl (C=O) groups excluding carboxylic acids is 2. The molecule has 0 saturated heterocycles. The van der Waals surface area contributed by atoms with Crippen molar-refractivity contribution < 1.29 is 14.0 Å². The largest absolute Gasteiger partial charge is 0.451 e. The molecule has 0 aliphatic carbocycles. The summed E-state index contributed by atoms with van der Waals surface area (Å²) in [6.07, 6.45) is 5.71. The number of para-hydroxylation sites is 1. The van der Waals surface area contributed by atoms with Gasteiger partial charge in [0.25, 0.3) is 5.91 Å². The molecule has 0 radical (unpaired) electrons. The Bertz CT molecular complexity index is 1420. The highest BCUT2D eigenvalue weighted by Gasteiger charge is 2.12. The van der Waals surface area contributed by atoms with Crippen LogP contribution in [0.3, 0.4) is 0 Å². The lowest BCUT2D eigenvalue weighted by atomic mass is 10.1. The van der Waals surface area contributed by atoms with Crippen LogP contribution in [0.5, 0.6) is 0 Å². The third-order valence-corrected chi connectivity index (χ3v) is 5.63. The predicted octanol–water partition coefficient (Wildman–Crippen LogP) is 4.79. The molecule has 0 saturated carbocycles. The van der Waals surface area contributed by atoms with E-state index in [-0.39, 0.29) is 24.0 Å². The van der Waals surface area contributed by atoms with Crippen LogP contribution in [0.15, 0.2) is 102 Å². The fraction of sp³-hybridized carbons (Fsp3) is 0.107. The van der Waals surface area contributed by atoms with Crippen molar-refractivity contribution in [1.29, 1.82) is 0 Å². The Hall–Kier alpha value is -4.65. The van der Waals surface area contributed by atoms with E-state index < -0.39 is 0 Å². The molecule has 174 valence electrons. The number of hydrogen-bond acceptors (Lipinski definition) is 4. The molecule has 5 aromatic rings. The van der Waals surface area contributed by atoms with E-state index in [9.17, 15) is 9.59 Å². The van der Waals surface area contributed by atoms with Crippen LogP contribution < -0.4 is 10.6 Å². The second-order valence-corrected chi connectivity index (χ2v) is 8.31. The molecule has 2 aromatic heterocycles. The first-order valence-corrected chi connectivity index (χ1v) is 11.3. The van der Waals surface area contributed by atoms with Crippen molar-refractivity contribution in [3.8, 4) is 0 Å². The summed E-state index contributed by atoms with van der Waals surface area (Å²) < 4.78 is 7.61. The number of hydrogen-bond donors (Lipinski definition) is 2. The molecule has 2 heterocycles. The van der Waals surface area contributed by atoms with Crippen LogP contribution in [-0.4, -0.2) is 21.4 Å². The van der Waals surface area contributed by atoms with Gasteiger partial charge in [0.1, 0.15) is 5.58 Å². The fourth-order valence-electron chi connectivity index (χ4n) is 3.87. The lowest BCUT2D eigenvalue weighted by Crippen LogP contribution is -2.24. The molecule has 2 amide bonds. The van der Waals surface area contributed by atoms with E-state index in [1.807, 2.05) is 59.3 Å². The minimum Gasteiger partial charge on any atom is -0.451 e. The summed E-state index contributed by atoms with van der Waals surface area (Å²) in [5.74, 6) is -0.130. The van der Waals surface area contributed by atoms with Gasteiger partial charge in [-0.05, 0) is 41.0 Å². The molecule has 0 unspecified atom stereocenters. The van der Waals surface area contributed by atoms with Gasteiger partial charge in [-0.3, -0.25) is 9.59 Å². The number of amides is 2. The van der Waals surface area contributed by atoms with E-state index >= 15 is 0 Å². The maximum absolute atomic E-state index is 12.5. The number of nitrogens with one attached hydrogen (secondary N) is 2. The number of nitrogens with zero attached hydrogens (tertiary/aromatic N) is 2. The molecule has 0 atom stereocenters. The summed E-state index contributed by atoms with van der Waals surface area (Å²) in [5.41, 5.74) is 4.35. The molecule has 0 aliphatic rings. The number of rotatable bonds is 8. The van der Waals surface area contributed by atoms with E-state index in [4.69, 9.17) is 4.42 Å². The molecule has 5 rings (SSSR count). The molecule has 0 spiro atoms. The first-order valence-electron chi connectivity index (χ1n) is 11.3. The number of fused-ring (bicyclic) bond motifs is 1. The van der Waals surface area contributed by atoms with Gasteiger partial charge in [-0.2, -0.15) is 0 Å². The SMILES string of the molecule is O=C(Cc1ccc(NC(=O)c2cc3ccccc3o2)cc1)NCc1cccc(Cn2ccnc2)c1. The molecule has 7 heteroatoms. The van der Waals surface area contributed by atoms with E-state index in [0.29, 0.717) is 17.8 Å². The molecule has 0 bridgehead atoms. The Labute approximate surface area is 202 Å². The van der Waals surface area contributed by atoms with Crippen LogP contribution in [0.1, 0.15) is 27.2 Å². The van der Waals surface area contributed by atoms with Gasteiger partial charge in [0.2, 0.25) is 5.91 Å². The fourth-order valence-corrected chi connectivity index (χ4v) is 3.87. The van der Waals surface area contributed by atoms with Crippen LogP contribution in [0, 0.1) is 0 Å². The second-order valence-electron chi connectivity index (χ2n) is 8.31. The summed E-state index contributed by atoms with van der Waals surface area (Å²) in [5, 5.41) is 6.68. The zero-order chi connectivity index (χ0) is 24.0. The summed E-state index contributed by atoms with van der Waals surface area (Å²) in [6.45, 7) is 1.20. The molecular formula is C28H24N4O3.